The lowest BCUT2D eigenvalue weighted by Gasteiger charge is -2.25. The highest BCUT2D eigenvalue weighted by atomic mass is 19.1. The predicted molar refractivity (Wildman–Crippen MR) is 121 cm³/mol. The third-order valence-electron chi connectivity index (χ3n) is 6.22. The third-order valence-corrected chi connectivity index (χ3v) is 6.22. The number of rotatable bonds is 5. The molecule has 1 aromatic heterocycles. The normalized spacial score (nSPS) is 14.7. The van der Waals surface area contributed by atoms with Gasteiger partial charge in [-0.3, -0.25) is 0 Å². The molecule has 1 aliphatic heterocycles. The first-order valence-corrected chi connectivity index (χ1v) is 11.0. The molecule has 0 unspecified atom stereocenters. The van der Waals surface area contributed by atoms with Crippen molar-refractivity contribution >= 4 is 10.9 Å². The van der Waals surface area contributed by atoms with E-state index in [1.807, 2.05) is 30.3 Å². The molecule has 3 nitrogen and oxygen atoms in total. The van der Waals surface area contributed by atoms with Crippen LogP contribution in [-0.2, 0) is 11.3 Å². The van der Waals surface area contributed by atoms with Crippen LogP contribution < -0.4 is 4.74 Å². The Morgan fingerprint density at radius 2 is 1.66 bits per heavy atom. The zero-order valence-corrected chi connectivity index (χ0v) is 18.0. The highest BCUT2D eigenvalue weighted by Crippen LogP contribution is 2.42. The van der Waals surface area contributed by atoms with Gasteiger partial charge in [-0.15, -0.1) is 0 Å². The maximum atomic E-state index is 14.8. The third kappa shape index (κ3) is 3.89. The number of ether oxygens (including phenoxy) is 2. The zero-order valence-electron chi connectivity index (χ0n) is 18.0. The molecule has 32 heavy (non-hydrogen) atoms. The Bertz CT molecular complexity index is 1230. The monoisotopic (exact) mass is 433 g/mol. The lowest BCUT2D eigenvalue weighted by atomic mass is 9.93. The smallest absolute Gasteiger partial charge is 0.132 e. The molecule has 0 saturated carbocycles. The van der Waals surface area contributed by atoms with Crippen LogP contribution in [0, 0.1) is 18.6 Å². The van der Waals surface area contributed by atoms with E-state index < -0.39 is 0 Å². The molecular weight excluding hydrogens is 408 g/mol. The molecule has 0 amide bonds. The van der Waals surface area contributed by atoms with Crippen molar-refractivity contribution in [2.24, 2.45) is 0 Å². The van der Waals surface area contributed by atoms with Gasteiger partial charge in [0.1, 0.15) is 24.0 Å². The summed E-state index contributed by atoms with van der Waals surface area (Å²) in [6, 6.07) is 19.2. The van der Waals surface area contributed by atoms with Crippen LogP contribution in [0.2, 0.25) is 0 Å². The molecule has 0 bridgehead atoms. The van der Waals surface area contributed by atoms with E-state index in [1.54, 1.807) is 18.2 Å². The number of nitrogens with zero attached hydrogens (tertiary/aromatic N) is 1. The Kier molecular flexibility index (Phi) is 5.66. The fraction of sp³-hybridized carbons (Fsp3) is 0.259. The first-order valence-electron chi connectivity index (χ1n) is 11.0. The molecule has 0 aliphatic carbocycles. The molecule has 2 heterocycles. The molecule has 0 N–H and O–H groups in total. The largest absolute Gasteiger partial charge is 0.488 e. The van der Waals surface area contributed by atoms with Crippen molar-refractivity contribution in [1.82, 2.24) is 4.57 Å². The van der Waals surface area contributed by atoms with Gasteiger partial charge in [-0.05, 0) is 61.2 Å². The van der Waals surface area contributed by atoms with Crippen molar-refractivity contribution in [2.45, 2.75) is 32.3 Å². The van der Waals surface area contributed by atoms with E-state index in [2.05, 4.69) is 11.5 Å². The number of hydrogen-bond acceptors (Lipinski definition) is 2. The minimum absolute atomic E-state index is 0.270. The van der Waals surface area contributed by atoms with Crippen molar-refractivity contribution in [3.8, 4) is 11.4 Å². The summed E-state index contributed by atoms with van der Waals surface area (Å²) in [6.45, 7) is 3.81. The predicted octanol–water partition coefficient (Wildman–Crippen LogP) is 6.69. The SMILES string of the molecule is Cc1c(C2CCOCC2)n(-c2ccc(F)cc2)c2cc(F)cc(OCc3ccccc3)c12. The Balaban J connectivity index is 1.69. The van der Waals surface area contributed by atoms with E-state index in [1.165, 1.54) is 18.2 Å². The lowest BCUT2D eigenvalue weighted by Crippen LogP contribution is -2.17. The molecule has 0 spiro atoms. The molecule has 1 fully saturated rings. The minimum atomic E-state index is -0.361. The highest BCUT2D eigenvalue weighted by molar-refractivity contribution is 5.93. The van der Waals surface area contributed by atoms with Crippen LogP contribution in [0.5, 0.6) is 5.75 Å². The average molecular weight is 433 g/mol. The van der Waals surface area contributed by atoms with E-state index in [4.69, 9.17) is 9.47 Å². The summed E-state index contributed by atoms with van der Waals surface area (Å²) in [7, 11) is 0. The molecular formula is C27H25F2NO2. The van der Waals surface area contributed by atoms with Crippen LogP contribution in [0.3, 0.4) is 0 Å². The van der Waals surface area contributed by atoms with Crippen molar-refractivity contribution in [1.29, 1.82) is 0 Å². The Labute approximate surface area is 186 Å². The van der Waals surface area contributed by atoms with Crippen LogP contribution in [0.15, 0.2) is 66.7 Å². The summed E-state index contributed by atoms with van der Waals surface area (Å²) >= 11 is 0. The molecule has 5 rings (SSSR count). The maximum Gasteiger partial charge on any atom is 0.132 e. The Morgan fingerprint density at radius 3 is 2.38 bits per heavy atom. The Hall–Kier alpha value is -3.18. The van der Waals surface area contributed by atoms with Crippen LogP contribution in [-0.4, -0.2) is 17.8 Å². The topological polar surface area (TPSA) is 23.4 Å². The van der Waals surface area contributed by atoms with Gasteiger partial charge < -0.3 is 14.0 Å². The maximum absolute atomic E-state index is 14.8. The van der Waals surface area contributed by atoms with Gasteiger partial charge in [0.15, 0.2) is 0 Å². The van der Waals surface area contributed by atoms with Crippen molar-refractivity contribution < 1.29 is 18.3 Å². The van der Waals surface area contributed by atoms with Crippen molar-refractivity contribution in [3.63, 3.8) is 0 Å². The molecule has 3 aromatic carbocycles. The van der Waals surface area contributed by atoms with E-state index in [0.717, 1.165) is 46.3 Å². The number of aryl methyl sites for hydroxylation is 1. The van der Waals surface area contributed by atoms with Crippen LogP contribution in [0.25, 0.3) is 16.6 Å². The van der Waals surface area contributed by atoms with E-state index in [-0.39, 0.29) is 17.6 Å². The first-order chi connectivity index (χ1) is 15.6. The fourth-order valence-electron chi connectivity index (χ4n) is 4.72. The summed E-state index contributed by atoms with van der Waals surface area (Å²) < 4.78 is 42.2. The van der Waals surface area contributed by atoms with Gasteiger partial charge in [0, 0.05) is 42.0 Å². The minimum Gasteiger partial charge on any atom is -0.488 e. The molecule has 4 aromatic rings. The lowest BCUT2D eigenvalue weighted by molar-refractivity contribution is 0.0841. The Morgan fingerprint density at radius 1 is 0.938 bits per heavy atom. The number of halogens is 2. The first kappa shape index (κ1) is 20.7. The van der Waals surface area contributed by atoms with Gasteiger partial charge in [-0.2, -0.15) is 0 Å². The second kappa shape index (κ2) is 8.75. The second-order valence-electron chi connectivity index (χ2n) is 8.28. The summed E-state index contributed by atoms with van der Waals surface area (Å²) in [5.41, 5.74) is 4.75. The van der Waals surface area contributed by atoms with Gasteiger partial charge in [0.25, 0.3) is 0 Å². The van der Waals surface area contributed by atoms with Gasteiger partial charge in [0.2, 0.25) is 0 Å². The highest BCUT2D eigenvalue weighted by Gasteiger charge is 2.27. The van der Waals surface area contributed by atoms with Crippen LogP contribution in [0.1, 0.15) is 35.6 Å². The number of fused-ring (bicyclic) bond motifs is 1. The summed E-state index contributed by atoms with van der Waals surface area (Å²) in [5, 5.41) is 0.896. The van der Waals surface area contributed by atoms with Gasteiger partial charge in [-0.1, -0.05) is 30.3 Å². The molecule has 164 valence electrons. The second-order valence-corrected chi connectivity index (χ2v) is 8.28. The van der Waals surface area contributed by atoms with Gasteiger partial charge in [0.05, 0.1) is 5.52 Å². The van der Waals surface area contributed by atoms with E-state index >= 15 is 0 Å². The van der Waals surface area contributed by atoms with Crippen LogP contribution >= 0.6 is 0 Å². The van der Waals surface area contributed by atoms with Crippen molar-refractivity contribution in [2.75, 3.05) is 13.2 Å². The molecule has 0 atom stereocenters. The quantitative estimate of drug-likeness (QED) is 0.350. The molecule has 1 saturated heterocycles. The summed E-state index contributed by atoms with van der Waals surface area (Å²) in [4.78, 5) is 0. The molecule has 5 heteroatoms. The van der Waals surface area contributed by atoms with Crippen LogP contribution in [0.4, 0.5) is 8.78 Å². The fourth-order valence-corrected chi connectivity index (χ4v) is 4.72. The summed E-state index contributed by atoms with van der Waals surface area (Å²) in [5.74, 6) is 0.134. The van der Waals surface area contributed by atoms with Crippen molar-refractivity contribution in [3.05, 3.63) is 95.2 Å². The number of hydrogen-bond donors (Lipinski definition) is 0. The van der Waals surface area contributed by atoms with Gasteiger partial charge >= 0.3 is 0 Å². The van der Waals surface area contributed by atoms with E-state index in [9.17, 15) is 8.78 Å². The molecule has 0 radical (unpaired) electrons. The van der Waals surface area contributed by atoms with E-state index in [0.29, 0.717) is 25.6 Å². The summed E-state index contributed by atoms with van der Waals surface area (Å²) in [6.07, 6.45) is 1.78. The average Bonchev–Trinajstić information content (AvgIpc) is 3.11. The number of benzene rings is 3. The standard InChI is InChI=1S/C27H25F2NO2/c1-18-26-24(15-22(29)16-25(26)32-17-19-5-3-2-4-6-19)30(23-9-7-21(28)8-10-23)27(18)20-11-13-31-14-12-20/h2-10,15-16,20H,11-14,17H2,1H3. The van der Waals surface area contributed by atoms with Gasteiger partial charge in [-0.25, -0.2) is 8.78 Å². The zero-order chi connectivity index (χ0) is 22.1. The molecule has 1 aliphatic rings. The number of aromatic nitrogens is 1.